The average molecular weight is 514 g/mol. The van der Waals surface area contributed by atoms with Gasteiger partial charge in [0, 0.05) is 25.2 Å². The summed E-state index contributed by atoms with van der Waals surface area (Å²) in [6, 6.07) is 7.35. The second kappa shape index (κ2) is 9.21. The summed E-state index contributed by atoms with van der Waals surface area (Å²) in [4.78, 5) is 25.0. The fraction of sp³-hybridized carbons (Fsp3) is 0.385. The maximum Gasteiger partial charge on any atom is 0.274 e. The number of morpholine rings is 1. The minimum Gasteiger partial charge on any atom is -0.489 e. The Bertz CT molecular complexity index is 1510. The summed E-state index contributed by atoms with van der Waals surface area (Å²) in [5, 5.41) is 14.9. The molecule has 38 heavy (non-hydrogen) atoms. The normalized spacial score (nSPS) is 18.8. The van der Waals surface area contributed by atoms with Gasteiger partial charge in [-0.2, -0.15) is 0 Å². The number of amides is 1. The molecule has 0 radical (unpaired) electrons. The van der Waals surface area contributed by atoms with Crippen molar-refractivity contribution in [2.75, 3.05) is 36.5 Å². The van der Waals surface area contributed by atoms with Crippen LogP contribution in [0.3, 0.4) is 0 Å². The molecule has 194 valence electrons. The zero-order valence-corrected chi connectivity index (χ0v) is 20.9. The van der Waals surface area contributed by atoms with Crippen LogP contribution in [0.25, 0.3) is 17.1 Å². The molecule has 1 amide bonds. The molecule has 3 aromatic heterocycles. The van der Waals surface area contributed by atoms with E-state index in [0.29, 0.717) is 48.6 Å². The van der Waals surface area contributed by atoms with E-state index in [2.05, 4.69) is 48.8 Å². The molecule has 1 saturated carbocycles. The lowest BCUT2D eigenvalue weighted by atomic mass is 10.1. The van der Waals surface area contributed by atoms with Gasteiger partial charge in [-0.05, 0) is 48.4 Å². The molecule has 0 unspecified atom stereocenters. The maximum atomic E-state index is 13.5. The molecule has 3 aliphatic rings. The molecule has 1 aromatic carbocycles. The highest BCUT2D eigenvalue weighted by molar-refractivity contribution is 6.05. The Morgan fingerprint density at radius 1 is 1.13 bits per heavy atom. The van der Waals surface area contributed by atoms with Gasteiger partial charge in [0.25, 0.3) is 5.91 Å². The number of ether oxygens (including phenoxy) is 2. The number of pyridine rings is 1. The Balaban J connectivity index is 1.23. The smallest absolute Gasteiger partial charge is 0.274 e. The van der Waals surface area contributed by atoms with Crippen LogP contribution >= 0.6 is 0 Å². The predicted molar refractivity (Wildman–Crippen MR) is 138 cm³/mol. The lowest BCUT2D eigenvalue weighted by molar-refractivity contribution is 0.0532. The van der Waals surface area contributed by atoms with Gasteiger partial charge in [-0.3, -0.25) is 4.79 Å². The summed E-state index contributed by atoms with van der Waals surface area (Å²) < 4.78 is 15.4. The predicted octanol–water partition coefficient (Wildman–Crippen LogP) is 2.67. The Morgan fingerprint density at radius 2 is 2.05 bits per heavy atom. The number of tetrazole rings is 1. The van der Waals surface area contributed by atoms with Crippen LogP contribution in [-0.4, -0.2) is 73.1 Å². The number of nitrogens with one attached hydrogen (secondary N) is 1. The van der Waals surface area contributed by atoms with Crippen molar-refractivity contribution in [3.63, 3.8) is 0 Å². The number of benzene rings is 1. The largest absolute Gasteiger partial charge is 0.489 e. The molecule has 1 saturated heterocycles. The second-order valence-electron chi connectivity index (χ2n) is 9.88. The first-order chi connectivity index (χ1) is 18.6. The number of imidazole rings is 1. The molecular weight excluding hydrogens is 486 g/mol. The molecule has 7 rings (SSSR count). The van der Waals surface area contributed by atoms with Crippen molar-refractivity contribution >= 4 is 17.3 Å². The van der Waals surface area contributed by atoms with Crippen molar-refractivity contribution in [2.45, 2.75) is 38.3 Å². The van der Waals surface area contributed by atoms with Crippen molar-refractivity contribution in [2.24, 2.45) is 0 Å². The van der Waals surface area contributed by atoms with E-state index in [-0.39, 0.29) is 12.0 Å². The van der Waals surface area contributed by atoms with Crippen LogP contribution in [-0.2, 0) is 11.3 Å². The molecule has 4 aromatic rings. The van der Waals surface area contributed by atoms with Gasteiger partial charge in [0.1, 0.15) is 12.3 Å². The van der Waals surface area contributed by atoms with Gasteiger partial charge in [0.2, 0.25) is 0 Å². The number of anilines is 2. The van der Waals surface area contributed by atoms with E-state index >= 15 is 0 Å². The third kappa shape index (κ3) is 4.16. The molecule has 12 nitrogen and oxygen atoms in total. The number of hydrogen-bond donors (Lipinski definition) is 1. The first-order valence-corrected chi connectivity index (χ1v) is 12.9. The van der Waals surface area contributed by atoms with Crippen molar-refractivity contribution in [3.8, 4) is 22.8 Å². The standard InChI is InChI=1S/C26H27N9O3/c1-16-13-33(7-9-37-16)23-12-27-20(11-22(23)34-14-21(28-15-34)17-5-6-17)26(36)29-19-4-2-3-18-24(19)38-10-8-35-25(18)30-31-32-35/h2-4,11-12,14-17H,5-10,13H2,1H3,(H,29,36)/t16-/m0/s1. The lowest BCUT2D eigenvalue weighted by Gasteiger charge is -2.34. The van der Waals surface area contributed by atoms with E-state index in [1.807, 2.05) is 29.1 Å². The van der Waals surface area contributed by atoms with E-state index in [1.165, 1.54) is 12.8 Å². The first-order valence-electron chi connectivity index (χ1n) is 12.9. The van der Waals surface area contributed by atoms with Crippen LogP contribution < -0.4 is 15.0 Å². The molecule has 5 heterocycles. The first kappa shape index (κ1) is 22.8. The Hall–Kier alpha value is -4.32. The fourth-order valence-corrected chi connectivity index (χ4v) is 5.04. The average Bonchev–Trinajstić information content (AvgIpc) is 3.53. The van der Waals surface area contributed by atoms with Crippen LogP contribution in [0.2, 0.25) is 0 Å². The molecule has 1 atom stereocenters. The third-order valence-electron chi connectivity index (χ3n) is 7.14. The summed E-state index contributed by atoms with van der Waals surface area (Å²) in [5.74, 6) is 1.33. The summed E-state index contributed by atoms with van der Waals surface area (Å²) >= 11 is 0. The molecule has 2 fully saturated rings. The molecule has 1 N–H and O–H groups in total. The number of rotatable bonds is 5. The van der Waals surface area contributed by atoms with Crippen LogP contribution in [0.1, 0.15) is 41.9 Å². The quantitative estimate of drug-likeness (QED) is 0.429. The van der Waals surface area contributed by atoms with E-state index in [4.69, 9.17) is 9.47 Å². The van der Waals surface area contributed by atoms with Crippen molar-refractivity contribution in [1.29, 1.82) is 0 Å². The Kier molecular flexibility index (Phi) is 5.54. The number of nitrogens with zero attached hydrogens (tertiary/aromatic N) is 8. The molecule has 0 spiro atoms. The maximum absolute atomic E-state index is 13.5. The Labute approximate surface area is 218 Å². The number of hydrogen-bond acceptors (Lipinski definition) is 9. The van der Waals surface area contributed by atoms with Crippen LogP contribution in [0, 0.1) is 0 Å². The zero-order valence-electron chi connectivity index (χ0n) is 20.9. The van der Waals surface area contributed by atoms with Crippen LogP contribution in [0.15, 0.2) is 43.0 Å². The lowest BCUT2D eigenvalue weighted by Crippen LogP contribution is -2.41. The second-order valence-corrected chi connectivity index (χ2v) is 9.88. The van der Waals surface area contributed by atoms with Gasteiger partial charge in [-0.25, -0.2) is 14.6 Å². The molecule has 0 bridgehead atoms. The number of para-hydroxylation sites is 1. The monoisotopic (exact) mass is 513 g/mol. The number of carbonyl (C=O) groups is 1. The van der Waals surface area contributed by atoms with Crippen LogP contribution in [0.5, 0.6) is 5.75 Å². The SMILES string of the molecule is C[C@H]1CN(c2cnc(C(=O)Nc3cccc4c3OCCn3nnnc3-4)cc2-n2cnc(C3CC3)c2)CCO1. The highest BCUT2D eigenvalue weighted by atomic mass is 16.5. The zero-order chi connectivity index (χ0) is 25.6. The number of fused-ring (bicyclic) bond motifs is 3. The van der Waals surface area contributed by atoms with Gasteiger partial charge in [-0.1, -0.05) is 6.07 Å². The molecular formula is C26H27N9O3. The molecule has 2 aliphatic heterocycles. The number of carbonyl (C=O) groups excluding carboxylic acids is 1. The third-order valence-corrected chi connectivity index (χ3v) is 7.14. The van der Waals surface area contributed by atoms with E-state index in [0.717, 1.165) is 35.7 Å². The van der Waals surface area contributed by atoms with E-state index in [1.54, 1.807) is 16.9 Å². The van der Waals surface area contributed by atoms with Gasteiger partial charge in [0.05, 0.1) is 60.1 Å². The topological polar surface area (TPSA) is 125 Å². The minimum atomic E-state index is -0.337. The van der Waals surface area contributed by atoms with Gasteiger partial charge >= 0.3 is 0 Å². The van der Waals surface area contributed by atoms with Gasteiger partial charge < -0.3 is 24.3 Å². The van der Waals surface area contributed by atoms with Crippen molar-refractivity contribution in [1.82, 2.24) is 34.7 Å². The number of aromatic nitrogens is 7. The van der Waals surface area contributed by atoms with Gasteiger partial charge in [-0.15, -0.1) is 5.10 Å². The minimum absolute atomic E-state index is 0.110. The summed E-state index contributed by atoms with van der Waals surface area (Å²) in [6.45, 7) is 5.11. The van der Waals surface area contributed by atoms with E-state index in [9.17, 15) is 4.79 Å². The van der Waals surface area contributed by atoms with Gasteiger partial charge in [0.15, 0.2) is 11.6 Å². The van der Waals surface area contributed by atoms with Crippen molar-refractivity contribution < 1.29 is 14.3 Å². The van der Waals surface area contributed by atoms with Crippen LogP contribution in [0.4, 0.5) is 11.4 Å². The highest BCUT2D eigenvalue weighted by Gasteiger charge is 2.28. The summed E-state index contributed by atoms with van der Waals surface area (Å²) in [7, 11) is 0. The van der Waals surface area contributed by atoms with Crippen molar-refractivity contribution in [3.05, 3.63) is 54.4 Å². The highest BCUT2D eigenvalue weighted by Crippen LogP contribution is 2.40. The Morgan fingerprint density at radius 3 is 2.92 bits per heavy atom. The molecule has 12 heteroatoms. The summed E-state index contributed by atoms with van der Waals surface area (Å²) in [6.07, 6.45) is 8.12. The fourth-order valence-electron chi connectivity index (χ4n) is 5.04. The van der Waals surface area contributed by atoms with E-state index < -0.39 is 0 Å². The molecule has 1 aliphatic carbocycles. The summed E-state index contributed by atoms with van der Waals surface area (Å²) in [5.41, 5.74) is 4.45.